The molecule has 0 spiro atoms. The van der Waals surface area contributed by atoms with Gasteiger partial charge in [-0.3, -0.25) is 14.5 Å². The second kappa shape index (κ2) is 10.2. The summed E-state index contributed by atoms with van der Waals surface area (Å²) in [7, 11) is 0. The number of hydrogen-bond acceptors (Lipinski definition) is 4. The van der Waals surface area contributed by atoms with Gasteiger partial charge in [-0.2, -0.15) is 0 Å². The van der Waals surface area contributed by atoms with Gasteiger partial charge in [0.25, 0.3) is 5.91 Å². The molecular formula is C25H29ClN2O3S. The molecule has 0 bridgehead atoms. The smallest absolute Gasteiger partial charge is 0.252 e. The number of thioether (sulfide) groups is 1. The number of amides is 2. The number of nitrogens with zero attached hydrogens (tertiary/aromatic N) is 1. The van der Waals surface area contributed by atoms with Gasteiger partial charge in [-0.25, -0.2) is 0 Å². The van der Waals surface area contributed by atoms with Crippen LogP contribution in [0, 0.1) is 0 Å². The average Bonchev–Trinajstić information content (AvgIpc) is 2.81. The lowest BCUT2D eigenvalue weighted by molar-refractivity contribution is -0.130. The van der Waals surface area contributed by atoms with E-state index in [0.29, 0.717) is 28.8 Å². The van der Waals surface area contributed by atoms with Crippen LogP contribution in [0.15, 0.2) is 48.5 Å². The Hall–Kier alpha value is -2.18. The molecule has 4 rings (SSSR count). The van der Waals surface area contributed by atoms with Gasteiger partial charge in [-0.1, -0.05) is 43.0 Å². The van der Waals surface area contributed by atoms with Crippen molar-refractivity contribution in [2.45, 2.75) is 50.6 Å². The number of rotatable bonds is 6. The molecule has 1 saturated heterocycles. The number of benzene rings is 2. The van der Waals surface area contributed by atoms with E-state index in [4.69, 9.17) is 16.3 Å². The molecule has 2 aromatic rings. The Bertz CT molecular complexity index is 945. The summed E-state index contributed by atoms with van der Waals surface area (Å²) in [5.74, 6) is 1.34. The van der Waals surface area contributed by atoms with Crippen LogP contribution in [0.2, 0.25) is 5.02 Å². The molecule has 2 fully saturated rings. The van der Waals surface area contributed by atoms with Crippen molar-refractivity contribution >= 4 is 40.9 Å². The Morgan fingerprint density at radius 3 is 2.47 bits per heavy atom. The Morgan fingerprint density at radius 1 is 1.12 bits per heavy atom. The van der Waals surface area contributed by atoms with Gasteiger partial charge in [-0.05, 0) is 61.7 Å². The van der Waals surface area contributed by atoms with Crippen molar-refractivity contribution in [2.75, 3.05) is 23.0 Å². The number of nitrogens with one attached hydrogen (secondary N) is 1. The topological polar surface area (TPSA) is 58.6 Å². The van der Waals surface area contributed by atoms with Crippen molar-refractivity contribution < 1.29 is 14.3 Å². The van der Waals surface area contributed by atoms with Gasteiger partial charge in [0.05, 0.1) is 12.4 Å². The first-order valence-electron chi connectivity index (χ1n) is 11.3. The predicted octanol–water partition coefficient (Wildman–Crippen LogP) is 5.16. The first-order chi connectivity index (χ1) is 15.5. The Balaban J connectivity index is 1.78. The van der Waals surface area contributed by atoms with Crippen LogP contribution in [0.5, 0.6) is 5.75 Å². The maximum atomic E-state index is 14.0. The molecule has 1 unspecified atom stereocenters. The number of halogens is 1. The van der Waals surface area contributed by atoms with E-state index < -0.39 is 5.54 Å². The van der Waals surface area contributed by atoms with E-state index in [2.05, 4.69) is 5.32 Å². The molecule has 2 aliphatic rings. The minimum atomic E-state index is -1.14. The maximum absolute atomic E-state index is 14.0. The molecule has 2 amide bonds. The van der Waals surface area contributed by atoms with E-state index in [9.17, 15) is 9.59 Å². The molecule has 1 saturated carbocycles. The molecule has 0 aromatic heterocycles. The van der Waals surface area contributed by atoms with E-state index >= 15 is 0 Å². The SMILES string of the molecule is CCOc1ccc(N2C(=O)CSCC2(C(=O)NC2CCCCC2)c2ccc(Cl)cc2)cc1. The van der Waals surface area contributed by atoms with Crippen molar-refractivity contribution in [2.24, 2.45) is 0 Å². The maximum Gasteiger partial charge on any atom is 0.252 e. The average molecular weight is 473 g/mol. The van der Waals surface area contributed by atoms with Gasteiger partial charge in [0.1, 0.15) is 5.75 Å². The zero-order valence-corrected chi connectivity index (χ0v) is 19.9. The molecule has 170 valence electrons. The zero-order chi connectivity index (χ0) is 22.6. The molecule has 1 N–H and O–H groups in total. The minimum Gasteiger partial charge on any atom is -0.494 e. The van der Waals surface area contributed by atoms with Crippen LogP contribution in [-0.4, -0.2) is 36.0 Å². The summed E-state index contributed by atoms with van der Waals surface area (Å²) in [6.45, 7) is 2.50. The summed E-state index contributed by atoms with van der Waals surface area (Å²) in [4.78, 5) is 29.0. The van der Waals surface area contributed by atoms with Gasteiger partial charge in [-0.15, -0.1) is 11.8 Å². The number of hydrogen-bond donors (Lipinski definition) is 1. The first-order valence-corrected chi connectivity index (χ1v) is 12.8. The van der Waals surface area contributed by atoms with Gasteiger partial charge in [0.2, 0.25) is 5.91 Å². The van der Waals surface area contributed by atoms with Crippen molar-refractivity contribution in [3.05, 3.63) is 59.1 Å². The van der Waals surface area contributed by atoms with E-state index in [0.717, 1.165) is 37.0 Å². The molecule has 1 atom stereocenters. The summed E-state index contributed by atoms with van der Waals surface area (Å²) in [5.41, 5.74) is 0.312. The fourth-order valence-electron chi connectivity index (χ4n) is 4.64. The molecule has 1 aliphatic heterocycles. The van der Waals surface area contributed by atoms with Crippen LogP contribution >= 0.6 is 23.4 Å². The summed E-state index contributed by atoms with van der Waals surface area (Å²) in [5, 5.41) is 3.89. The quantitative estimate of drug-likeness (QED) is 0.630. The van der Waals surface area contributed by atoms with Crippen LogP contribution in [-0.2, 0) is 15.1 Å². The first kappa shape index (κ1) is 23.0. The fraction of sp³-hybridized carbons (Fsp3) is 0.440. The lowest BCUT2D eigenvalue weighted by atomic mass is 9.86. The number of ether oxygens (including phenoxy) is 1. The van der Waals surface area contributed by atoms with E-state index in [1.165, 1.54) is 18.2 Å². The molecule has 5 nitrogen and oxygen atoms in total. The summed E-state index contributed by atoms with van der Waals surface area (Å²) >= 11 is 7.66. The highest BCUT2D eigenvalue weighted by Crippen LogP contribution is 2.41. The Morgan fingerprint density at radius 2 is 1.81 bits per heavy atom. The second-order valence-electron chi connectivity index (χ2n) is 8.32. The van der Waals surface area contributed by atoms with Crippen LogP contribution < -0.4 is 15.0 Å². The summed E-state index contributed by atoms with van der Waals surface area (Å²) in [6.07, 6.45) is 5.41. The van der Waals surface area contributed by atoms with Gasteiger partial charge < -0.3 is 10.1 Å². The number of carbonyl (C=O) groups excluding carboxylic acids is 2. The molecule has 2 aromatic carbocycles. The summed E-state index contributed by atoms with van der Waals surface area (Å²) < 4.78 is 5.57. The van der Waals surface area contributed by atoms with E-state index in [1.807, 2.05) is 43.3 Å². The third-order valence-corrected chi connectivity index (χ3v) is 7.54. The molecule has 1 heterocycles. The Labute approximate surface area is 198 Å². The highest BCUT2D eigenvalue weighted by Gasteiger charge is 2.51. The van der Waals surface area contributed by atoms with E-state index in [-0.39, 0.29) is 17.9 Å². The van der Waals surface area contributed by atoms with Crippen molar-refractivity contribution in [1.82, 2.24) is 5.32 Å². The van der Waals surface area contributed by atoms with Gasteiger partial charge in [0, 0.05) is 22.5 Å². The van der Waals surface area contributed by atoms with Crippen molar-refractivity contribution in [1.29, 1.82) is 0 Å². The van der Waals surface area contributed by atoms with Crippen molar-refractivity contribution in [3.63, 3.8) is 0 Å². The summed E-state index contributed by atoms with van der Waals surface area (Å²) in [6, 6.07) is 14.9. The van der Waals surface area contributed by atoms with E-state index in [1.54, 1.807) is 17.0 Å². The minimum absolute atomic E-state index is 0.0841. The lowest BCUT2D eigenvalue weighted by Gasteiger charge is -2.46. The van der Waals surface area contributed by atoms with Gasteiger partial charge >= 0.3 is 0 Å². The fourth-order valence-corrected chi connectivity index (χ4v) is 5.89. The van der Waals surface area contributed by atoms with Crippen LogP contribution in [0.4, 0.5) is 5.69 Å². The lowest BCUT2D eigenvalue weighted by Crippen LogP contribution is -2.64. The van der Waals surface area contributed by atoms with Crippen LogP contribution in [0.1, 0.15) is 44.6 Å². The highest BCUT2D eigenvalue weighted by molar-refractivity contribution is 8.00. The Kier molecular flexibility index (Phi) is 7.31. The third kappa shape index (κ3) is 4.62. The normalized spacial score (nSPS) is 21.9. The van der Waals surface area contributed by atoms with Gasteiger partial charge in [0.15, 0.2) is 5.54 Å². The monoisotopic (exact) mass is 472 g/mol. The predicted molar refractivity (Wildman–Crippen MR) is 131 cm³/mol. The molecular weight excluding hydrogens is 444 g/mol. The van der Waals surface area contributed by atoms with Crippen LogP contribution in [0.25, 0.3) is 0 Å². The van der Waals surface area contributed by atoms with Crippen LogP contribution in [0.3, 0.4) is 0 Å². The largest absolute Gasteiger partial charge is 0.494 e. The molecule has 7 heteroatoms. The molecule has 1 aliphatic carbocycles. The third-order valence-electron chi connectivity index (χ3n) is 6.21. The second-order valence-corrected chi connectivity index (χ2v) is 9.75. The zero-order valence-electron chi connectivity index (χ0n) is 18.3. The number of carbonyl (C=O) groups is 2. The number of anilines is 1. The standard InChI is InChI=1S/C25H29ClN2O3S/c1-2-31-22-14-12-21(13-15-22)28-23(29)16-32-17-25(28,18-8-10-19(26)11-9-18)24(30)27-20-6-4-3-5-7-20/h8-15,20H,2-7,16-17H2,1H3,(H,27,30). The van der Waals surface area contributed by atoms with Crippen molar-refractivity contribution in [3.8, 4) is 5.75 Å². The highest BCUT2D eigenvalue weighted by atomic mass is 35.5. The molecule has 0 radical (unpaired) electrons. The molecule has 32 heavy (non-hydrogen) atoms.